The summed E-state index contributed by atoms with van der Waals surface area (Å²) in [7, 11) is -3.98. The van der Waals surface area contributed by atoms with Gasteiger partial charge in [0.15, 0.2) is 0 Å². The highest BCUT2D eigenvalue weighted by Crippen LogP contribution is 2.09. The van der Waals surface area contributed by atoms with Gasteiger partial charge in [0.2, 0.25) is 0 Å². The van der Waals surface area contributed by atoms with Gasteiger partial charge < -0.3 is 0 Å². The zero-order valence-corrected chi connectivity index (χ0v) is 7.86. The van der Waals surface area contributed by atoms with Crippen molar-refractivity contribution in [3.63, 3.8) is 0 Å². The molecule has 4 heteroatoms. The molecule has 1 radical (unpaired) electrons. The molecule has 3 nitrogen and oxygen atoms in total. The van der Waals surface area contributed by atoms with Crippen LogP contribution in [0.3, 0.4) is 0 Å². The summed E-state index contributed by atoms with van der Waals surface area (Å²) in [6.45, 7) is 4.10. The Morgan fingerprint density at radius 3 is 2.27 bits per heavy atom. The van der Waals surface area contributed by atoms with E-state index < -0.39 is 10.1 Å². The normalized spacial score (nSPS) is 14.8. The monoisotopic (exact) mass is 179 g/mol. The Balaban J connectivity index is 3.43. The molecule has 0 aromatic carbocycles. The zero-order valence-electron chi connectivity index (χ0n) is 7.04. The van der Waals surface area contributed by atoms with Gasteiger partial charge in [0, 0.05) is 0 Å². The van der Waals surface area contributed by atoms with Crippen LogP contribution in [0.1, 0.15) is 33.1 Å². The lowest BCUT2D eigenvalue weighted by molar-refractivity contribution is 0.409. The summed E-state index contributed by atoms with van der Waals surface area (Å²) in [6, 6.07) is 0. The van der Waals surface area contributed by atoms with Crippen LogP contribution >= 0.6 is 0 Å². The second kappa shape index (κ2) is 4.72. The second-order valence-corrected chi connectivity index (χ2v) is 4.44. The molecule has 67 valence electrons. The van der Waals surface area contributed by atoms with Gasteiger partial charge in [-0.3, -0.25) is 0 Å². The molecule has 0 rings (SSSR count). The molecule has 0 aliphatic carbocycles. The van der Waals surface area contributed by atoms with Crippen LogP contribution in [0.25, 0.3) is 0 Å². The third kappa shape index (κ3) is 7.81. The minimum Gasteiger partial charge on any atom is -0.197 e. The average Bonchev–Trinajstić information content (AvgIpc) is 1.85. The van der Waals surface area contributed by atoms with Gasteiger partial charge in [0.25, 0.3) is 10.1 Å². The number of hydrogen-bond acceptors (Lipinski definition) is 2. The van der Waals surface area contributed by atoms with Crippen LogP contribution < -0.4 is 0 Å². The molecule has 0 aromatic rings. The number of hydrogen-bond donors (Lipinski definition) is 0. The lowest BCUT2D eigenvalue weighted by Crippen LogP contribution is -2.03. The minimum absolute atomic E-state index is 0.211. The van der Waals surface area contributed by atoms with E-state index in [4.69, 9.17) is 0 Å². The first-order valence-electron chi connectivity index (χ1n) is 3.89. The van der Waals surface area contributed by atoms with E-state index in [9.17, 15) is 13.0 Å². The summed E-state index contributed by atoms with van der Waals surface area (Å²) in [4.78, 5) is 0. The average molecular weight is 179 g/mol. The Hall–Kier alpha value is -0.0900. The Bertz CT molecular complexity index is 184. The minimum atomic E-state index is -3.98. The van der Waals surface area contributed by atoms with E-state index in [1.54, 1.807) is 0 Å². The molecule has 0 saturated carbocycles. The quantitative estimate of drug-likeness (QED) is 0.643. The fraction of sp³-hybridized carbons (Fsp3) is 1.00. The van der Waals surface area contributed by atoms with E-state index in [1.165, 1.54) is 0 Å². The predicted molar refractivity (Wildman–Crippen MR) is 43.2 cm³/mol. The smallest absolute Gasteiger partial charge is 0.197 e. The summed E-state index contributed by atoms with van der Waals surface area (Å²) in [6.07, 6.45) is 2.37. The Morgan fingerprint density at radius 2 is 1.91 bits per heavy atom. The molecule has 0 heterocycles. The maximum absolute atomic E-state index is 10.1. The molecule has 0 aliphatic heterocycles. The van der Waals surface area contributed by atoms with Gasteiger partial charge in [-0.25, -0.2) is 0 Å². The van der Waals surface area contributed by atoms with Crippen molar-refractivity contribution in [3.8, 4) is 0 Å². The second-order valence-electron chi connectivity index (χ2n) is 2.92. The summed E-state index contributed by atoms with van der Waals surface area (Å²) >= 11 is 0. The highest BCUT2D eigenvalue weighted by atomic mass is 32.2. The van der Waals surface area contributed by atoms with Crippen molar-refractivity contribution >= 4 is 10.1 Å². The molecule has 0 bridgehead atoms. The van der Waals surface area contributed by atoms with Gasteiger partial charge in [0.05, 0.1) is 5.75 Å². The van der Waals surface area contributed by atoms with Gasteiger partial charge in [-0.1, -0.05) is 24.8 Å². The summed E-state index contributed by atoms with van der Waals surface area (Å²) in [5, 5.41) is 0. The fourth-order valence-electron chi connectivity index (χ4n) is 0.813. The standard InChI is InChI=1S/C7H15O3S/c1-3-7(2)5-4-6-11(8,9)10/h7H,3-6H2,1-2H3. The maximum Gasteiger partial charge on any atom is 0.294 e. The van der Waals surface area contributed by atoms with Gasteiger partial charge in [-0.05, 0) is 18.8 Å². The van der Waals surface area contributed by atoms with Crippen molar-refractivity contribution in [3.05, 3.63) is 0 Å². The highest BCUT2D eigenvalue weighted by Gasteiger charge is 2.07. The third-order valence-corrected chi connectivity index (χ3v) is 2.58. The van der Waals surface area contributed by atoms with Crippen LogP contribution in [0, 0.1) is 5.92 Å². The van der Waals surface area contributed by atoms with Crippen molar-refractivity contribution in [1.29, 1.82) is 0 Å². The third-order valence-electron chi connectivity index (χ3n) is 1.79. The largest absolute Gasteiger partial charge is 0.294 e. The van der Waals surface area contributed by atoms with Crippen LogP contribution in [0.15, 0.2) is 0 Å². The van der Waals surface area contributed by atoms with Crippen LogP contribution in [0.5, 0.6) is 0 Å². The van der Waals surface area contributed by atoms with Crippen molar-refractivity contribution in [2.24, 2.45) is 5.92 Å². The van der Waals surface area contributed by atoms with Crippen LogP contribution in [-0.2, 0) is 14.7 Å². The molecular weight excluding hydrogens is 164 g/mol. The van der Waals surface area contributed by atoms with E-state index >= 15 is 0 Å². The number of rotatable bonds is 5. The molecule has 11 heavy (non-hydrogen) atoms. The van der Waals surface area contributed by atoms with Crippen molar-refractivity contribution in [2.75, 3.05) is 5.75 Å². The van der Waals surface area contributed by atoms with Crippen molar-refractivity contribution < 1.29 is 13.0 Å². The van der Waals surface area contributed by atoms with E-state index in [0.29, 0.717) is 12.3 Å². The van der Waals surface area contributed by atoms with Crippen LogP contribution in [0.4, 0.5) is 0 Å². The summed E-state index contributed by atoms with van der Waals surface area (Å²) < 4.78 is 30.4. The lowest BCUT2D eigenvalue weighted by Gasteiger charge is -2.05. The first-order chi connectivity index (χ1) is 4.95. The molecule has 1 atom stereocenters. The van der Waals surface area contributed by atoms with E-state index in [2.05, 4.69) is 13.8 Å². The summed E-state index contributed by atoms with van der Waals surface area (Å²) in [5.74, 6) is 0.314. The molecule has 0 aromatic heterocycles. The molecule has 0 N–H and O–H groups in total. The zero-order chi connectivity index (χ0) is 8.91. The first kappa shape index (κ1) is 10.9. The van der Waals surface area contributed by atoms with Gasteiger partial charge in [0.1, 0.15) is 0 Å². The van der Waals surface area contributed by atoms with Crippen molar-refractivity contribution in [1.82, 2.24) is 0 Å². The Kier molecular flexibility index (Phi) is 4.68. The van der Waals surface area contributed by atoms with Crippen LogP contribution in [-0.4, -0.2) is 14.2 Å². The predicted octanol–water partition coefficient (Wildman–Crippen LogP) is 1.57. The maximum atomic E-state index is 10.1. The van der Waals surface area contributed by atoms with E-state index in [0.717, 1.165) is 12.8 Å². The molecule has 0 aliphatic rings. The Labute approximate surface area is 68.6 Å². The van der Waals surface area contributed by atoms with Gasteiger partial charge in [-0.2, -0.15) is 8.42 Å². The van der Waals surface area contributed by atoms with Gasteiger partial charge >= 0.3 is 0 Å². The molecule has 0 spiro atoms. The molecule has 0 saturated heterocycles. The highest BCUT2D eigenvalue weighted by molar-refractivity contribution is 7.85. The van der Waals surface area contributed by atoms with Crippen molar-refractivity contribution in [2.45, 2.75) is 33.1 Å². The fourth-order valence-corrected chi connectivity index (χ4v) is 1.33. The molecule has 0 amide bonds. The van der Waals surface area contributed by atoms with E-state index in [-0.39, 0.29) is 5.75 Å². The first-order valence-corrected chi connectivity index (χ1v) is 5.47. The summed E-state index contributed by atoms with van der Waals surface area (Å²) in [5.41, 5.74) is 0. The SMILES string of the molecule is CCC(C)CCCS([O])(=O)=O. The van der Waals surface area contributed by atoms with E-state index in [1.807, 2.05) is 0 Å². The van der Waals surface area contributed by atoms with Crippen LogP contribution in [0.2, 0.25) is 0 Å². The lowest BCUT2D eigenvalue weighted by atomic mass is 10.0. The molecular formula is C7H15O3S. The molecule has 1 unspecified atom stereocenters. The van der Waals surface area contributed by atoms with Gasteiger partial charge in [-0.15, -0.1) is 0 Å². The topological polar surface area (TPSA) is 54.0 Å². The molecule has 0 fully saturated rings. The Morgan fingerprint density at radius 1 is 1.36 bits per heavy atom.